The lowest BCUT2D eigenvalue weighted by molar-refractivity contribution is -0.0245. The van der Waals surface area contributed by atoms with E-state index in [0.29, 0.717) is 60.3 Å². The number of aryl methyl sites for hydroxylation is 1. The van der Waals surface area contributed by atoms with Crippen LogP contribution in [0.3, 0.4) is 0 Å². The maximum Gasteiger partial charge on any atom is 0.258 e. The van der Waals surface area contributed by atoms with Gasteiger partial charge in [0.05, 0.1) is 61.4 Å². The van der Waals surface area contributed by atoms with Crippen molar-refractivity contribution in [3.8, 4) is 17.1 Å². The van der Waals surface area contributed by atoms with E-state index in [-0.39, 0.29) is 17.4 Å². The molecule has 10 nitrogen and oxygen atoms in total. The standard InChI is InChI=1S/C27H32FN7O3/c1-16-24-20(33-26(29)31-16)12-22(35(25(24)36)15-27(2,3)34-7-9-38-10-8-34)18-6-5-17(28)11-19(18)21-13-30-14-23(32-21)37-4/h5-6,11,13-14,22H,7-10,12,15H2,1-4H3,(H2,29,31,33)/t22-/m1/s1. The van der Waals surface area contributed by atoms with E-state index < -0.39 is 11.9 Å². The fourth-order valence-electron chi connectivity index (χ4n) is 5.42. The molecule has 0 bridgehead atoms. The first-order valence-corrected chi connectivity index (χ1v) is 12.6. The third-order valence-electron chi connectivity index (χ3n) is 7.32. The zero-order valence-corrected chi connectivity index (χ0v) is 22.1. The summed E-state index contributed by atoms with van der Waals surface area (Å²) in [6, 6.07) is 4.08. The molecule has 4 heterocycles. The minimum absolute atomic E-state index is 0.118. The first kappa shape index (κ1) is 25.9. The lowest BCUT2D eigenvalue weighted by Gasteiger charge is -2.47. The number of nitrogens with zero attached hydrogens (tertiary/aromatic N) is 6. The molecule has 0 unspecified atom stereocenters. The number of carbonyl (C=O) groups excluding carboxylic acids is 1. The number of carbonyl (C=O) groups is 1. The van der Waals surface area contributed by atoms with Gasteiger partial charge in [-0.2, -0.15) is 0 Å². The summed E-state index contributed by atoms with van der Waals surface area (Å²) in [5.74, 6) is -0.169. The summed E-state index contributed by atoms with van der Waals surface area (Å²) in [7, 11) is 1.50. The largest absolute Gasteiger partial charge is 0.480 e. The van der Waals surface area contributed by atoms with Gasteiger partial charge in [-0.1, -0.05) is 6.07 Å². The highest BCUT2D eigenvalue weighted by atomic mass is 19.1. The topological polar surface area (TPSA) is 120 Å². The fraction of sp³-hybridized carbons (Fsp3) is 0.444. The second-order valence-corrected chi connectivity index (χ2v) is 10.2. The highest BCUT2D eigenvalue weighted by Crippen LogP contribution is 2.39. The molecule has 0 aliphatic carbocycles. The number of halogens is 1. The molecular weight excluding hydrogens is 489 g/mol. The predicted molar refractivity (Wildman–Crippen MR) is 139 cm³/mol. The number of methoxy groups -OCH3 is 1. The number of morpholine rings is 1. The minimum Gasteiger partial charge on any atom is -0.480 e. The number of benzene rings is 1. The van der Waals surface area contributed by atoms with Gasteiger partial charge in [-0.25, -0.2) is 19.3 Å². The molecule has 2 aliphatic rings. The van der Waals surface area contributed by atoms with Crippen LogP contribution in [0.1, 0.15) is 47.2 Å². The van der Waals surface area contributed by atoms with E-state index >= 15 is 0 Å². The summed E-state index contributed by atoms with van der Waals surface area (Å²) < 4.78 is 25.4. The van der Waals surface area contributed by atoms with Gasteiger partial charge in [-0.15, -0.1) is 0 Å². The Morgan fingerprint density at radius 3 is 2.68 bits per heavy atom. The molecule has 1 aromatic carbocycles. The molecule has 1 saturated heterocycles. The van der Waals surface area contributed by atoms with Crippen LogP contribution in [-0.2, 0) is 11.2 Å². The van der Waals surface area contributed by atoms with Gasteiger partial charge in [-0.05, 0) is 38.5 Å². The van der Waals surface area contributed by atoms with Crippen molar-refractivity contribution in [2.75, 3.05) is 45.7 Å². The van der Waals surface area contributed by atoms with Crippen LogP contribution in [0.5, 0.6) is 5.88 Å². The number of amides is 1. The van der Waals surface area contributed by atoms with E-state index in [1.807, 2.05) is 4.90 Å². The highest BCUT2D eigenvalue weighted by molar-refractivity contribution is 5.98. The Morgan fingerprint density at radius 2 is 1.95 bits per heavy atom. The third-order valence-corrected chi connectivity index (χ3v) is 7.32. The van der Waals surface area contributed by atoms with Gasteiger partial charge in [0, 0.05) is 37.2 Å². The van der Waals surface area contributed by atoms with E-state index in [4.69, 9.17) is 15.2 Å². The van der Waals surface area contributed by atoms with Gasteiger partial charge < -0.3 is 20.1 Å². The van der Waals surface area contributed by atoms with Crippen molar-refractivity contribution in [2.45, 2.75) is 38.8 Å². The quantitative estimate of drug-likeness (QED) is 0.522. The van der Waals surface area contributed by atoms with Crippen molar-refractivity contribution in [3.05, 3.63) is 58.9 Å². The van der Waals surface area contributed by atoms with Gasteiger partial charge >= 0.3 is 0 Å². The molecule has 38 heavy (non-hydrogen) atoms. The number of hydrogen-bond donors (Lipinski definition) is 1. The van der Waals surface area contributed by atoms with E-state index in [1.165, 1.54) is 25.4 Å². The van der Waals surface area contributed by atoms with E-state index in [0.717, 1.165) is 18.7 Å². The summed E-state index contributed by atoms with van der Waals surface area (Å²) >= 11 is 0. The Balaban J connectivity index is 1.64. The summed E-state index contributed by atoms with van der Waals surface area (Å²) in [6.45, 7) is 9.30. The van der Waals surface area contributed by atoms with Crippen LogP contribution >= 0.6 is 0 Å². The molecule has 0 radical (unpaired) electrons. The number of nitrogen functional groups attached to an aromatic ring is 1. The molecule has 2 aliphatic heterocycles. The van der Waals surface area contributed by atoms with Crippen molar-refractivity contribution in [3.63, 3.8) is 0 Å². The molecule has 2 N–H and O–H groups in total. The number of rotatable bonds is 6. The zero-order valence-electron chi connectivity index (χ0n) is 22.1. The molecule has 1 amide bonds. The maximum atomic E-state index is 14.6. The van der Waals surface area contributed by atoms with Gasteiger partial charge in [0.1, 0.15) is 5.82 Å². The van der Waals surface area contributed by atoms with Crippen LogP contribution in [0, 0.1) is 12.7 Å². The molecule has 0 spiro atoms. The summed E-state index contributed by atoms with van der Waals surface area (Å²) in [5, 5.41) is 0. The van der Waals surface area contributed by atoms with E-state index in [1.54, 1.807) is 19.2 Å². The number of ether oxygens (including phenoxy) is 2. The number of anilines is 1. The Morgan fingerprint density at radius 1 is 1.18 bits per heavy atom. The smallest absolute Gasteiger partial charge is 0.258 e. The monoisotopic (exact) mass is 521 g/mol. The van der Waals surface area contributed by atoms with Gasteiger partial charge in [0.2, 0.25) is 11.8 Å². The van der Waals surface area contributed by atoms with Gasteiger partial charge in [0.25, 0.3) is 5.91 Å². The van der Waals surface area contributed by atoms with Crippen LogP contribution < -0.4 is 10.5 Å². The first-order valence-electron chi connectivity index (χ1n) is 12.6. The summed E-state index contributed by atoms with van der Waals surface area (Å²) in [4.78, 5) is 35.8. The lowest BCUT2D eigenvalue weighted by Crippen LogP contribution is -2.57. The Labute approximate surface area is 221 Å². The van der Waals surface area contributed by atoms with Crippen molar-refractivity contribution in [1.82, 2.24) is 29.7 Å². The van der Waals surface area contributed by atoms with Gasteiger partial charge in [-0.3, -0.25) is 14.7 Å². The van der Waals surface area contributed by atoms with Crippen molar-refractivity contribution < 1.29 is 18.7 Å². The molecule has 3 aromatic rings. The zero-order chi connectivity index (χ0) is 27.0. The van der Waals surface area contributed by atoms with Crippen LogP contribution in [0.25, 0.3) is 11.3 Å². The molecular formula is C27H32FN7O3. The highest BCUT2D eigenvalue weighted by Gasteiger charge is 2.41. The first-order chi connectivity index (χ1) is 18.2. The summed E-state index contributed by atoms with van der Waals surface area (Å²) in [5.41, 5.74) is 8.93. The van der Waals surface area contributed by atoms with E-state index in [2.05, 4.69) is 38.7 Å². The minimum atomic E-state index is -0.451. The third kappa shape index (κ3) is 4.91. The average molecular weight is 522 g/mol. The molecule has 11 heteroatoms. The van der Waals surface area contributed by atoms with Crippen molar-refractivity contribution in [2.24, 2.45) is 0 Å². The average Bonchev–Trinajstić information content (AvgIpc) is 2.90. The molecule has 5 rings (SSSR count). The number of hydrogen-bond acceptors (Lipinski definition) is 9. The van der Waals surface area contributed by atoms with Crippen LogP contribution in [0.2, 0.25) is 0 Å². The molecule has 1 atom stereocenters. The van der Waals surface area contributed by atoms with Crippen molar-refractivity contribution >= 4 is 11.9 Å². The molecule has 0 saturated carbocycles. The van der Waals surface area contributed by atoms with Crippen LogP contribution in [-0.4, -0.2) is 81.1 Å². The maximum absolute atomic E-state index is 14.6. The second-order valence-electron chi connectivity index (χ2n) is 10.2. The summed E-state index contributed by atoms with van der Waals surface area (Å²) in [6.07, 6.45) is 3.44. The SMILES string of the molecule is COc1cncc(-c2cc(F)ccc2[C@H]2Cc3nc(N)nc(C)c3C(=O)N2CC(C)(C)N2CCOCC2)n1. The fourth-order valence-corrected chi connectivity index (χ4v) is 5.42. The molecule has 1 fully saturated rings. The number of nitrogens with two attached hydrogens (primary N) is 1. The van der Waals surface area contributed by atoms with Crippen LogP contribution in [0.15, 0.2) is 30.6 Å². The second kappa shape index (κ2) is 10.2. The Hall–Kier alpha value is -3.70. The molecule has 200 valence electrons. The Kier molecular flexibility index (Phi) is 6.97. The van der Waals surface area contributed by atoms with Crippen LogP contribution in [0.4, 0.5) is 10.3 Å². The molecule has 2 aromatic heterocycles. The number of fused-ring (bicyclic) bond motifs is 1. The lowest BCUT2D eigenvalue weighted by atomic mass is 9.87. The number of aromatic nitrogens is 4. The Bertz CT molecular complexity index is 1360. The van der Waals surface area contributed by atoms with E-state index in [9.17, 15) is 9.18 Å². The predicted octanol–water partition coefficient (Wildman–Crippen LogP) is 2.82. The van der Waals surface area contributed by atoms with Gasteiger partial charge in [0.15, 0.2) is 0 Å². The normalized spacial score (nSPS) is 18.4. The van der Waals surface area contributed by atoms with Crippen molar-refractivity contribution in [1.29, 1.82) is 0 Å².